The van der Waals surface area contributed by atoms with Gasteiger partial charge in [0, 0.05) is 30.4 Å². The topological polar surface area (TPSA) is 88.7 Å². The van der Waals surface area contributed by atoms with Crippen molar-refractivity contribution < 1.29 is 19.1 Å². The van der Waals surface area contributed by atoms with Gasteiger partial charge in [-0.05, 0) is 18.2 Å². The Balaban J connectivity index is 1.87. The van der Waals surface area contributed by atoms with Crippen molar-refractivity contribution in [2.45, 2.75) is 12.5 Å². The van der Waals surface area contributed by atoms with Crippen molar-refractivity contribution in [3.8, 4) is 0 Å². The lowest BCUT2D eigenvalue weighted by atomic mass is 10.2. The molecule has 2 rings (SSSR count). The minimum atomic E-state index is -0.554. The van der Waals surface area contributed by atoms with E-state index in [1.54, 1.807) is 24.3 Å². The number of anilines is 2. The zero-order valence-electron chi connectivity index (χ0n) is 11.8. The Hall–Kier alpha value is -2.12. The van der Waals surface area contributed by atoms with Crippen molar-refractivity contribution in [3.63, 3.8) is 0 Å². The van der Waals surface area contributed by atoms with Gasteiger partial charge < -0.3 is 20.1 Å². The average molecular weight is 293 g/mol. The first-order valence-electron chi connectivity index (χ1n) is 6.73. The van der Waals surface area contributed by atoms with Crippen LogP contribution in [0.3, 0.4) is 0 Å². The molecule has 1 aromatic carbocycles. The molecule has 1 aliphatic rings. The monoisotopic (exact) mass is 293 g/mol. The van der Waals surface area contributed by atoms with Crippen LogP contribution < -0.4 is 16.0 Å². The van der Waals surface area contributed by atoms with E-state index < -0.39 is 6.09 Å². The van der Waals surface area contributed by atoms with Crippen LogP contribution in [0.25, 0.3) is 0 Å². The number of hydrogen-bond donors (Lipinski definition) is 3. The fraction of sp³-hybridized carbons (Fsp3) is 0.429. The van der Waals surface area contributed by atoms with Gasteiger partial charge in [0.2, 0.25) is 5.91 Å². The molecule has 1 aromatic rings. The number of morpholine rings is 1. The van der Waals surface area contributed by atoms with E-state index in [-0.39, 0.29) is 11.9 Å². The molecular weight excluding hydrogens is 274 g/mol. The third-order valence-electron chi connectivity index (χ3n) is 3.01. The highest BCUT2D eigenvalue weighted by Crippen LogP contribution is 2.15. The molecule has 7 nitrogen and oxygen atoms in total. The van der Waals surface area contributed by atoms with E-state index in [9.17, 15) is 9.59 Å². The minimum absolute atomic E-state index is 0.0372. The first-order valence-corrected chi connectivity index (χ1v) is 6.73. The molecule has 7 heteroatoms. The fourth-order valence-electron chi connectivity index (χ4n) is 2.03. The number of amides is 2. The van der Waals surface area contributed by atoms with Crippen LogP contribution >= 0.6 is 0 Å². The summed E-state index contributed by atoms with van der Waals surface area (Å²) in [6.45, 7) is 1.98. The Labute approximate surface area is 123 Å². The average Bonchev–Trinajstić information content (AvgIpc) is 2.48. The number of carbonyl (C=O) groups excluding carboxylic acids is 2. The third kappa shape index (κ3) is 5.05. The van der Waals surface area contributed by atoms with Crippen molar-refractivity contribution in [2.24, 2.45) is 0 Å². The highest BCUT2D eigenvalue weighted by molar-refractivity contribution is 5.92. The molecule has 0 aliphatic carbocycles. The quantitative estimate of drug-likeness (QED) is 0.776. The molecule has 1 unspecified atom stereocenters. The Kier molecular flexibility index (Phi) is 5.53. The van der Waals surface area contributed by atoms with E-state index in [4.69, 9.17) is 4.74 Å². The van der Waals surface area contributed by atoms with Crippen molar-refractivity contribution in [2.75, 3.05) is 37.5 Å². The van der Waals surface area contributed by atoms with Crippen LogP contribution in [-0.2, 0) is 14.3 Å². The zero-order valence-corrected chi connectivity index (χ0v) is 11.8. The van der Waals surface area contributed by atoms with Crippen LogP contribution in [0.4, 0.5) is 16.2 Å². The van der Waals surface area contributed by atoms with E-state index in [0.717, 1.165) is 6.54 Å². The van der Waals surface area contributed by atoms with E-state index in [2.05, 4.69) is 20.7 Å². The molecule has 3 N–H and O–H groups in total. The SMILES string of the molecule is COC(=O)Nc1cccc(NC(=O)CC2COCCN2)c1. The molecule has 1 saturated heterocycles. The summed E-state index contributed by atoms with van der Waals surface area (Å²) >= 11 is 0. The molecule has 0 radical (unpaired) electrons. The minimum Gasteiger partial charge on any atom is -0.453 e. The summed E-state index contributed by atoms with van der Waals surface area (Å²) in [4.78, 5) is 23.1. The molecule has 0 bridgehead atoms. The highest BCUT2D eigenvalue weighted by Gasteiger charge is 2.16. The van der Waals surface area contributed by atoms with Gasteiger partial charge in [0.05, 0.1) is 20.3 Å². The molecule has 1 atom stereocenters. The number of ether oxygens (including phenoxy) is 2. The molecule has 1 heterocycles. The molecule has 1 aliphatic heterocycles. The Morgan fingerprint density at radius 1 is 1.38 bits per heavy atom. The number of carbonyl (C=O) groups is 2. The number of benzene rings is 1. The standard InChI is InChI=1S/C14H19N3O4/c1-20-14(19)17-11-4-2-3-10(7-11)16-13(18)8-12-9-21-6-5-15-12/h2-4,7,12,15H,5-6,8-9H2,1H3,(H,16,18)(H,17,19). The van der Waals surface area contributed by atoms with Crippen LogP contribution in [0.5, 0.6) is 0 Å². The van der Waals surface area contributed by atoms with E-state index in [1.165, 1.54) is 7.11 Å². The first kappa shape index (κ1) is 15.3. The lowest BCUT2D eigenvalue weighted by Gasteiger charge is -2.23. The second kappa shape index (κ2) is 7.61. The van der Waals surface area contributed by atoms with Gasteiger partial charge in [0.15, 0.2) is 0 Å². The largest absolute Gasteiger partial charge is 0.453 e. The maximum Gasteiger partial charge on any atom is 0.411 e. The number of methoxy groups -OCH3 is 1. The predicted molar refractivity (Wildman–Crippen MR) is 78.3 cm³/mol. The molecule has 21 heavy (non-hydrogen) atoms. The smallest absolute Gasteiger partial charge is 0.411 e. The lowest BCUT2D eigenvalue weighted by Crippen LogP contribution is -2.43. The van der Waals surface area contributed by atoms with Crippen molar-refractivity contribution in [1.82, 2.24) is 5.32 Å². The molecule has 0 saturated carbocycles. The van der Waals surface area contributed by atoms with Crippen LogP contribution in [0.1, 0.15) is 6.42 Å². The molecule has 1 fully saturated rings. The van der Waals surface area contributed by atoms with Gasteiger partial charge in [-0.2, -0.15) is 0 Å². The van der Waals surface area contributed by atoms with Crippen LogP contribution in [0, 0.1) is 0 Å². The molecule has 114 valence electrons. The second-order valence-corrected chi connectivity index (χ2v) is 4.68. The van der Waals surface area contributed by atoms with Gasteiger partial charge in [-0.15, -0.1) is 0 Å². The summed E-state index contributed by atoms with van der Waals surface area (Å²) in [6, 6.07) is 6.91. The summed E-state index contributed by atoms with van der Waals surface area (Å²) in [5.41, 5.74) is 1.17. The van der Waals surface area contributed by atoms with Gasteiger partial charge in [-0.1, -0.05) is 6.07 Å². The Morgan fingerprint density at radius 3 is 2.81 bits per heavy atom. The van der Waals surface area contributed by atoms with Gasteiger partial charge >= 0.3 is 6.09 Å². The van der Waals surface area contributed by atoms with Crippen LogP contribution in [0.15, 0.2) is 24.3 Å². The predicted octanol–water partition coefficient (Wildman–Crippen LogP) is 1.18. The third-order valence-corrected chi connectivity index (χ3v) is 3.01. The number of nitrogens with one attached hydrogen (secondary N) is 3. The van der Waals surface area contributed by atoms with Crippen LogP contribution in [-0.4, -0.2) is 44.9 Å². The van der Waals surface area contributed by atoms with Gasteiger partial charge in [0.25, 0.3) is 0 Å². The molecule has 2 amide bonds. The van der Waals surface area contributed by atoms with Gasteiger partial charge in [-0.25, -0.2) is 4.79 Å². The van der Waals surface area contributed by atoms with E-state index in [0.29, 0.717) is 31.0 Å². The van der Waals surface area contributed by atoms with Crippen molar-refractivity contribution in [3.05, 3.63) is 24.3 Å². The van der Waals surface area contributed by atoms with E-state index in [1.807, 2.05) is 0 Å². The fourth-order valence-corrected chi connectivity index (χ4v) is 2.03. The van der Waals surface area contributed by atoms with E-state index >= 15 is 0 Å². The normalized spacial score (nSPS) is 17.9. The first-order chi connectivity index (χ1) is 10.2. The van der Waals surface area contributed by atoms with Gasteiger partial charge in [0.1, 0.15) is 0 Å². The summed E-state index contributed by atoms with van der Waals surface area (Å²) < 4.78 is 9.82. The van der Waals surface area contributed by atoms with Crippen molar-refractivity contribution >= 4 is 23.4 Å². The summed E-state index contributed by atoms with van der Waals surface area (Å²) in [6.07, 6.45) is -0.212. The summed E-state index contributed by atoms with van der Waals surface area (Å²) in [5, 5.41) is 8.56. The highest BCUT2D eigenvalue weighted by atomic mass is 16.5. The summed E-state index contributed by atoms with van der Waals surface area (Å²) in [7, 11) is 1.29. The van der Waals surface area contributed by atoms with Crippen LogP contribution in [0.2, 0.25) is 0 Å². The Bertz CT molecular complexity index is 501. The summed E-state index contributed by atoms with van der Waals surface area (Å²) in [5.74, 6) is -0.104. The number of hydrogen-bond acceptors (Lipinski definition) is 5. The maximum atomic E-state index is 12.0. The van der Waals surface area contributed by atoms with Gasteiger partial charge in [-0.3, -0.25) is 10.1 Å². The maximum absolute atomic E-state index is 12.0. The molecular formula is C14H19N3O4. The van der Waals surface area contributed by atoms with Crippen molar-refractivity contribution in [1.29, 1.82) is 0 Å². The molecule has 0 aromatic heterocycles. The Morgan fingerprint density at radius 2 is 2.14 bits per heavy atom. The second-order valence-electron chi connectivity index (χ2n) is 4.68. The molecule has 0 spiro atoms. The lowest BCUT2D eigenvalue weighted by molar-refractivity contribution is -0.117. The zero-order chi connectivity index (χ0) is 15.1. The number of rotatable bonds is 4.